The third-order valence-electron chi connectivity index (χ3n) is 5.12. The summed E-state index contributed by atoms with van der Waals surface area (Å²) in [6, 6.07) is 6.03. The van der Waals surface area contributed by atoms with Gasteiger partial charge in [0.15, 0.2) is 11.5 Å². The van der Waals surface area contributed by atoms with E-state index < -0.39 is 0 Å². The van der Waals surface area contributed by atoms with Gasteiger partial charge in [0.1, 0.15) is 19.3 Å². The fraction of sp³-hybridized carbons (Fsp3) is 0.632. The standard InChI is InChI=1S/C19H25NO4/c1-13(24-12-14-7-8-14)19(21)20-9-3-5-16(20)15-4-2-6-17-18(15)23-11-10-22-17/h2,4,6,13-14,16H,3,5,7-12H2,1H3/t13-,16+/m1/s1. The van der Waals surface area contributed by atoms with Crippen molar-refractivity contribution < 1.29 is 19.0 Å². The lowest BCUT2D eigenvalue weighted by Gasteiger charge is -2.30. The first-order valence-electron chi connectivity index (χ1n) is 9.04. The van der Waals surface area contributed by atoms with Gasteiger partial charge in [-0.05, 0) is 44.6 Å². The minimum atomic E-state index is -0.372. The SMILES string of the molecule is C[C@@H](OCC1CC1)C(=O)N1CCC[C@H]1c1cccc2c1OCCO2. The van der Waals surface area contributed by atoms with Crippen molar-refractivity contribution in [2.24, 2.45) is 5.92 Å². The summed E-state index contributed by atoms with van der Waals surface area (Å²) in [5, 5.41) is 0. The number of carbonyl (C=O) groups excluding carboxylic acids is 1. The van der Waals surface area contributed by atoms with Gasteiger partial charge in [0.25, 0.3) is 5.91 Å². The summed E-state index contributed by atoms with van der Waals surface area (Å²) < 4.78 is 17.3. The molecule has 1 amide bonds. The third-order valence-corrected chi connectivity index (χ3v) is 5.12. The van der Waals surface area contributed by atoms with Crippen LogP contribution in [-0.2, 0) is 9.53 Å². The van der Waals surface area contributed by atoms with Crippen LogP contribution in [0.25, 0.3) is 0 Å². The van der Waals surface area contributed by atoms with Gasteiger partial charge < -0.3 is 19.1 Å². The molecule has 1 saturated heterocycles. The van der Waals surface area contributed by atoms with Crippen LogP contribution in [0.1, 0.15) is 44.2 Å². The molecule has 1 aliphatic carbocycles. The third kappa shape index (κ3) is 3.09. The van der Waals surface area contributed by atoms with E-state index in [1.165, 1.54) is 12.8 Å². The number of likely N-dealkylation sites (tertiary alicyclic amines) is 1. The summed E-state index contributed by atoms with van der Waals surface area (Å²) in [5.41, 5.74) is 1.06. The Morgan fingerprint density at radius 3 is 2.96 bits per heavy atom. The monoisotopic (exact) mass is 331 g/mol. The molecular formula is C19H25NO4. The normalized spacial score (nSPS) is 24.0. The summed E-state index contributed by atoms with van der Waals surface area (Å²) >= 11 is 0. The zero-order valence-electron chi connectivity index (χ0n) is 14.2. The molecule has 0 radical (unpaired) electrons. The first kappa shape index (κ1) is 15.8. The number of amides is 1. The van der Waals surface area contributed by atoms with Crippen molar-refractivity contribution in [3.05, 3.63) is 23.8 Å². The number of ether oxygens (including phenoxy) is 3. The zero-order chi connectivity index (χ0) is 16.5. The smallest absolute Gasteiger partial charge is 0.251 e. The molecule has 0 unspecified atom stereocenters. The number of carbonyl (C=O) groups is 1. The second-order valence-corrected chi connectivity index (χ2v) is 6.98. The average molecular weight is 331 g/mol. The highest BCUT2D eigenvalue weighted by atomic mass is 16.6. The Labute approximate surface area is 142 Å². The number of nitrogens with zero attached hydrogens (tertiary/aromatic N) is 1. The predicted octanol–water partition coefficient (Wildman–Crippen LogP) is 2.94. The molecule has 5 heteroatoms. The summed E-state index contributed by atoms with van der Waals surface area (Å²) in [5.74, 6) is 2.35. The van der Waals surface area contributed by atoms with Gasteiger partial charge in [-0.1, -0.05) is 12.1 Å². The van der Waals surface area contributed by atoms with Crippen molar-refractivity contribution >= 4 is 5.91 Å². The van der Waals surface area contributed by atoms with Crippen molar-refractivity contribution in [1.82, 2.24) is 4.90 Å². The lowest BCUT2D eigenvalue weighted by atomic mass is 10.0. The van der Waals surface area contributed by atoms with Crippen molar-refractivity contribution in [3.8, 4) is 11.5 Å². The van der Waals surface area contributed by atoms with Crippen molar-refractivity contribution in [2.75, 3.05) is 26.4 Å². The number of para-hydroxylation sites is 1. The Morgan fingerprint density at radius 2 is 2.12 bits per heavy atom. The Hall–Kier alpha value is -1.75. The van der Waals surface area contributed by atoms with E-state index in [-0.39, 0.29) is 18.1 Å². The first-order valence-corrected chi connectivity index (χ1v) is 9.04. The maximum Gasteiger partial charge on any atom is 0.251 e. The molecule has 1 aromatic rings. The van der Waals surface area contributed by atoms with Gasteiger partial charge in [-0.25, -0.2) is 0 Å². The molecule has 2 heterocycles. The highest BCUT2D eigenvalue weighted by molar-refractivity contribution is 5.81. The molecular weight excluding hydrogens is 306 g/mol. The van der Waals surface area contributed by atoms with E-state index >= 15 is 0 Å². The van der Waals surface area contributed by atoms with Crippen LogP contribution in [0.15, 0.2) is 18.2 Å². The molecule has 24 heavy (non-hydrogen) atoms. The second-order valence-electron chi connectivity index (χ2n) is 6.98. The highest BCUT2D eigenvalue weighted by Crippen LogP contribution is 2.43. The average Bonchev–Trinajstić information content (AvgIpc) is 3.33. The minimum absolute atomic E-state index is 0.0566. The number of hydrogen-bond acceptors (Lipinski definition) is 4. The number of benzene rings is 1. The van der Waals surface area contributed by atoms with Crippen LogP contribution in [-0.4, -0.2) is 43.3 Å². The molecule has 0 bridgehead atoms. The van der Waals surface area contributed by atoms with Crippen LogP contribution in [0, 0.1) is 5.92 Å². The van der Waals surface area contributed by atoms with Crippen LogP contribution in [0.4, 0.5) is 0 Å². The van der Waals surface area contributed by atoms with Gasteiger partial charge in [0.05, 0.1) is 12.6 Å². The van der Waals surface area contributed by atoms with Gasteiger partial charge in [-0.15, -0.1) is 0 Å². The van der Waals surface area contributed by atoms with Crippen LogP contribution >= 0.6 is 0 Å². The molecule has 0 N–H and O–H groups in total. The van der Waals surface area contributed by atoms with Gasteiger partial charge in [-0.3, -0.25) is 4.79 Å². The van der Waals surface area contributed by atoms with Crippen LogP contribution in [0.2, 0.25) is 0 Å². The largest absolute Gasteiger partial charge is 0.486 e. The lowest BCUT2D eigenvalue weighted by molar-refractivity contribution is -0.144. The molecule has 3 aliphatic rings. The van der Waals surface area contributed by atoms with Gasteiger partial charge >= 0.3 is 0 Å². The summed E-state index contributed by atoms with van der Waals surface area (Å²) in [6.07, 6.45) is 4.07. The van der Waals surface area contributed by atoms with Crippen molar-refractivity contribution in [1.29, 1.82) is 0 Å². The van der Waals surface area contributed by atoms with E-state index in [1.54, 1.807) is 0 Å². The van der Waals surface area contributed by atoms with E-state index in [9.17, 15) is 4.79 Å². The topological polar surface area (TPSA) is 48.0 Å². The zero-order valence-corrected chi connectivity index (χ0v) is 14.2. The molecule has 5 nitrogen and oxygen atoms in total. The molecule has 1 aromatic carbocycles. The van der Waals surface area contributed by atoms with Crippen LogP contribution in [0.5, 0.6) is 11.5 Å². The highest BCUT2D eigenvalue weighted by Gasteiger charge is 2.36. The van der Waals surface area contributed by atoms with E-state index in [2.05, 4.69) is 6.07 Å². The molecule has 0 aromatic heterocycles. The Bertz CT molecular complexity index is 613. The van der Waals surface area contributed by atoms with E-state index in [1.807, 2.05) is 24.0 Å². The fourth-order valence-electron chi connectivity index (χ4n) is 3.58. The fourth-order valence-corrected chi connectivity index (χ4v) is 3.58. The quantitative estimate of drug-likeness (QED) is 0.832. The number of fused-ring (bicyclic) bond motifs is 1. The molecule has 130 valence electrons. The van der Waals surface area contributed by atoms with Crippen LogP contribution < -0.4 is 9.47 Å². The molecule has 2 aliphatic heterocycles. The number of hydrogen-bond donors (Lipinski definition) is 0. The second kappa shape index (κ2) is 6.63. The van der Waals surface area contributed by atoms with Gasteiger partial charge in [-0.2, -0.15) is 0 Å². The molecule has 1 saturated carbocycles. The molecule has 2 atom stereocenters. The summed E-state index contributed by atoms with van der Waals surface area (Å²) in [4.78, 5) is 14.8. The van der Waals surface area contributed by atoms with E-state index in [0.717, 1.165) is 36.4 Å². The number of rotatable bonds is 5. The maximum absolute atomic E-state index is 12.9. The Morgan fingerprint density at radius 1 is 1.29 bits per heavy atom. The van der Waals surface area contributed by atoms with Crippen molar-refractivity contribution in [2.45, 2.75) is 44.8 Å². The van der Waals surface area contributed by atoms with Crippen molar-refractivity contribution in [3.63, 3.8) is 0 Å². The Kier molecular flexibility index (Phi) is 4.35. The maximum atomic E-state index is 12.9. The molecule has 0 spiro atoms. The predicted molar refractivity (Wildman–Crippen MR) is 89.3 cm³/mol. The minimum Gasteiger partial charge on any atom is -0.486 e. The van der Waals surface area contributed by atoms with Crippen LogP contribution in [0.3, 0.4) is 0 Å². The summed E-state index contributed by atoms with van der Waals surface area (Å²) in [7, 11) is 0. The van der Waals surface area contributed by atoms with E-state index in [0.29, 0.717) is 25.7 Å². The molecule has 2 fully saturated rings. The Balaban J connectivity index is 1.51. The molecule has 4 rings (SSSR count). The first-order chi connectivity index (χ1) is 11.7. The summed E-state index contributed by atoms with van der Waals surface area (Å²) in [6.45, 7) is 4.51. The van der Waals surface area contributed by atoms with Gasteiger partial charge in [0.2, 0.25) is 0 Å². The lowest BCUT2D eigenvalue weighted by Crippen LogP contribution is -2.39. The van der Waals surface area contributed by atoms with Gasteiger partial charge in [0, 0.05) is 12.1 Å². The van der Waals surface area contributed by atoms with E-state index in [4.69, 9.17) is 14.2 Å².